The van der Waals surface area contributed by atoms with Gasteiger partial charge in [0.2, 0.25) is 5.91 Å². The molecule has 2 aromatic rings. The molecule has 178 valence electrons. The summed E-state index contributed by atoms with van der Waals surface area (Å²) in [6.45, 7) is 1.92. The van der Waals surface area contributed by atoms with E-state index in [1.807, 2.05) is 36.4 Å². The van der Waals surface area contributed by atoms with Crippen LogP contribution in [0.2, 0.25) is 0 Å². The molecule has 1 fully saturated rings. The maximum absolute atomic E-state index is 13.2. The SMILES string of the molecule is CC(=O)[C@H]1CN(C(=O)OCC2c3ccccc3-c3ccccc32)[C@@H](CCCN=C(N)N)C(=O)N1. The fourth-order valence-electron chi connectivity index (χ4n) is 4.67. The standard InChI is InChI=1S/C25H29N5O4/c1-15(31)21-13-30(22(23(32)29-21)11-6-12-28-24(26)27)25(33)34-14-20-18-9-4-2-7-16(18)17-8-3-5-10-19(17)20/h2-5,7-10,20-22H,6,11-14H2,1H3,(H,29,32)(H4,26,27,28)/t21-,22+/m1/s1. The summed E-state index contributed by atoms with van der Waals surface area (Å²) in [6, 6.07) is 14.6. The van der Waals surface area contributed by atoms with Crippen LogP contribution in [0.25, 0.3) is 11.1 Å². The second-order valence-electron chi connectivity index (χ2n) is 8.59. The number of ketones is 1. The second kappa shape index (κ2) is 9.94. The van der Waals surface area contributed by atoms with Crippen LogP contribution in [-0.2, 0) is 14.3 Å². The summed E-state index contributed by atoms with van der Waals surface area (Å²) in [5, 5.41) is 2.70. The van der Waals surface area contributed by atoms with Gasteiger partial charge in [-0.05, 0) is 42.0 Å². The molecule has 2 amide bonds. The highest BCUT2D eigenvalue weighted by molar-refractivity contribution is 5.93. The number of carbonyl (C=O) groups excluding carboxylic acids is 3. The van der Waals surface area contributed by atoms with Crippen LogP contribution in [0.3, 0.4) is 0 Å². The fourth-order valence-corrected chi connectivity index (χ4v) is 4.67. The summed E-state index contributed by atoms with van der Waals surface area (Å²) < 4.78 is 5.76. The zero-order valence-electron chi connectivity index (χ0n) is 19.1. The van der Waals surface area contributed by atoms with Crippen molar-refractivity contribution in [2.45, 2.75) is 37.8 Å². The molecular formula is C25H29N5O4. The smallest absolute Gasteiger partial charge is 0.410 e. The third-order valence-electron chi connectivity index (χ3n) is 6.37. The van der Waals surface area contributed by atoms with Crippen molar-refractivity contribution in [3.8, 4) is 11.1 Å². The molecule has 9 nitrogen and oxygen atoms in total. The van der Waals surface area contributed by atoms with Gasteiger partial charge in [-0.3, -0.25) is 19.5 Å². The summed E-state index contributed by atoms with van der Waals surface area (Å²) in [5.74, 6) is -0.731. The van der Waals surface area contributed by atoms with Crippen molar-refractivity contribution in [2.75, 3.05) is 19.7 Å². The molecule has 34 heavy (non-hydrogen) atoms. The first kappa shape index (κ1) is 23.3. The maximum Gasteiger partial charge on any atom is 0.410 e. The molecule has 2 atom stereocenters. The molecule has 1 saturated heterocycles. The number of guanidine groups is 1. The molecule has 0 aromatic heterocycles. The van der Waals surface area contributed by atoms with Crippen molar-refractivity contribution in [1.29, 1.82) is 0 Å². The van der Waals surface area contributed by atoms with Crippen molar-refractivity contribution in [1.82, 2.24) is 10.2 Å². The fraction of sp³-hybridized carbons (Fsp3) is 0.360. The predicted octanol–water partition coefficient (Wildman–Crippen LogP) is 1.75. The van der Waals surface area contributed by atoms with Crippen molar-refractivity contribution < 1.29 is 19.1 Å². The Labute approximate surface area is 198 Å². The Balaban J connectivity index is 1.49. The molecule has 0 radical (unpaired) electrons. The van der Waals surface area contributed by atoms with Gasteiger partial charge in [0.1, 0.15) is 18.7 Å². The van der Waals surface area contributed by atoms with E-state index in [0.29, 0.717) is 19.4 Å². The molecule has 2 aliphatic rings. The summed E-state index contributed by atoms with van der Waals surface area (Å²) >= 11 is 0. The Morgan fingerprint density at radius 2 is 1.71 bits per heavy atom. The van der Waals surface area contributed by atoms with Gasteiger partial charge in [-0.1, -0.05) is 48.5 Å². The maximum atomic E-state index is 13.2. The molecular weight excluding hydrogens is 434 g/mol. The number of Topliss-reactive ketones (excluding diaryl/α,β-unsaturated/α-hetero) is 1. The van der Waals surface area contributed by atoms with Gasteiger partial charge in [0.25, 0.3) is 0 Å². The third-order valence-corrected chi connectivity index (χ3v) is 6.37. The number of rotatable bonds is 7. The van der Waals surface area contributed by atoms with E-state index in [0.717, 1.165) is 22.3 Å². The van der Waals surface area contributed by atoms with Crippen LogP contribution in [-0.4, -0.2) is 60.4 Å². The quantitative estimate of drug-likeness (QED) is 0.325. The summed E-state index contributed by atoms with van der Waals surface area (Å²) in [6.07, 6.45) is 0.223. The molecule has 0 saturated carbocycles. The highest BCUT2D eigenvalue weighted by Crippen LogP contribution is 2.44. The van der Waals surface area contributed by atoms with Gasteiger partial charge in [-0.25, -0.2) is 4.79 Å². The van der Waals surface area contributed by atoms with Crippen LogP contribution in [0.4, 0.5) is 4.79 Å². The molecule has 1 heterocycles. The van der Waals surface area contributed by atoms with Gasteiger partial charge in [-0.15, -0.1) is 0 Å². The van der Waals surface area contributed by atoms with E-state index in [9.17, 15) is 14.4 Å². The molecule has 4 rings (SSSR count). The van der Waals surface area contributed by atoms with Crippen molar-refractivity contribution in [3.05, 3.63) is 59.7 Å². The largest absolute Gasteiger partial charge is 0.448 e. The minimum Gasteiger partial charge on any atom is -0.448 e. The number of aliphatic imine (C=N–C) groups is 1. The molecule has 2 aromatic carbocycles. The molecule has 1 aliphatic heterocycles. The Kier molecular flexibility index (Phi) is 6.81. The lowest BCUT2D eigenvalue weighted by Gasteiger charge is -2.38. The lowest BCUT2D eigenvalue weighted by Crippen LogP contribution is -2.63. The number of nitrogens with two attached hydrogens (primary N) is 2. The van der Waals surface area contributed by atoms with E-state index in [1.54, 1.807) is 0 Å². The van der Waals surface area contributed by atoms with E-state index >= 15 is 0 Å². The van der Waals surface area contributed by atoms with Gasteiger partial charge in [0, 0.05) is 12.5 Å². The Morgan fingerprint density at radius 1 is 1.09 bits per heavy atom. The van der Waals surface area contributed by atoms with Crippen LogP contribution < -0.4 is 16.8 Å². The number of benzene rings is 2. The van der Waals surface area contributed by atoms with Crippen LogP contribution in [0, 0.1) is 0 Å². The normalized spacial score (nSPS) is 19.1. The number of amides is 2. The highest BCUT2D eigenvalue weighted by Gasteiger charge is 2.40. The van der Waals surface area contributed by atoms with Crippen molar-refractivity contribution in [3.63, 3.8) is 0 Å². The summed E-state index contributed by atoms with van der Waals surface area (Å²) in [4.78, 5) is 43.2. The average Bonchev–Trinajstić information content (AvgIpc) is 3.14. The second-order valence-corrected chi connectivity index (χ2v) is 8.59. The van der Waals surface area contributed by atoms with Crippen LogP contribution in [0.1, 0.15) is 36.8 Å². The van der Waals surface area contributed by atoms with Gasteiger partial charge in [0.05, 0.1) is 6.54 Å². The lowest BCUT2D eigenvalue weighted by molar-refractivity contribution is -0.134. The van der Waals surface area contributed by atoms with Crippen LogP contribution in [0.5, 0.6) is 0 Å². The number of carbonyl (C=O) groups is 3. The summed E-state index contributed by atoms with van der Waals surface area (Å²) in [7, 11) is 0. The number of ether oxygens (including phenoxy) is 1. The van der Waals surface area contributed by atoms with Crippen molar-refractivity contribution in [2.24, 2.45) is 16.5 Å². The number of hydrogen-bond acceptors (Lipinski definition) is 5. The van der Waals surface area contributed by atoms with Crippen LogP contribution >= 0.6 is 0 Å². The number of nitrogens with one attached hydrogen (secondary N) is 1. The third kappa shape index (κ3) is 4.73. The minimum absolute atomic E-state index is 0.0295. The first-order valence-electron chi connectivity index (χ1n) is 11.3. The lowest BCUT2D eigenvalue weighted by atomic mass is 9.98. The first-order chi connectivity index (χ1) is 16.4. The molecule has 5 N–H and O–H groups in total. The number of piperazine rings is 1. The number of hydrogen-bond donors (Lipinski definition) is 3. The Morgan fingerprint density at radius 3 is 2.29 bits per heavy atom. The Bertz CT molecular complexity index is 1080. The van der Waals surface area contributed by atoms with E-state index in [2.05, 4.69) is 22.4 Å². The average molecular weight is 464 g/mol. The van der Waals surface area contributed by atoms with Gasteiger partial charge in [0.15, 0.2) is 11.7 Å². The monoisotopic (exact) mass is 463 g/mol. The van der Waals surface area contributed by atoms with E-state index in [-0.39, 0.29) is 36.7 Å². The summed E-state index contributed by atoms with van der Waals surface area (Å²) in [5.41, 5.74) is 15.2. The van der Waals surface area contributed by atoms with E-state index in [4.69, 9.17) is 16.2 Å². The number of nitrogens with zero attached hydrogens (tertiary/aromatic N) is 2. The van der Waals surface area contributed by atoms with Gasteiger partial charge in [-0.2, -0.15) is 0 Å². The zero-order valence-corrected chi connectivity index (χ0v) is 19.1. The molecule has 9 heteroatoms. The predicted molar refractivity (Wildman–Crippen MR) is 128 cm³/mol. The minimum atomic E-state index is -0.763. The Hall–Kier alpha value is -3.88. The van der Waals surface area contributed by atoms with E-state index < -0.39 is 18.2 Å². The van der Waals surface area contributed by atoms with Gasteiger partial charge >= 0.3 is 6.09 Å². The molecule has 1 aliphatic carbocycles. The first-order valence-corrected chi connectivity index (χ1v) is 11.3. The van der Waals surface area contributed by atoms with Gasteiger partial charge < -0.3 is 21.5 Å². The topological polar surface area (TPSA) is 140 Å². The zero-order chi connectivity index (χ0) is 24.2. The molecule has 0 spiro atoms. The van der Waals surface area contributed by atoms with E-state index in [1.165, 1.54) is 11.8 Å². The highest BCUT2D eigenvalue weighted by atomic mass is 16.6. The van der Waals surface area contributed by atoms with Crippen LogP contribution in [0.15, 0.2) is 53.5 Å². The van der Waals surface area contributed by atoms with Crippen molar-refractivity contribution >= 4 is 23.7 Å². The number of fused-ring (bicyclic) bond motifs is 3. The molecule has 0 unspecified atom stereocenters. The molecule has 0 bridgehead atoms.